The maximum Gasteiger partial charge on any atom is 0.236 e. The van der Waals surface area contributed by atoms with Gasteiger partial charge in [-0.05, 0) is 44.6 Å². The highest BCUT2D eigenvalue weighted by atomic mass is 35.5. The van der Waals surface area contributed by atoms with Crippen molar-refractivity contribution in [3.8, 4) is 5.75 Å². The Morgan fingerprint density at radius 1 is 0.944 bits per heavy atom. The van der Waals surface area contributed by atoms with E-state index in [-0.39, 0.29) is 11.8 Å². The van der Waals surface area contributed by atoms with Crippen molar-refractivity contribution in [2.75, 3.05) is 92.2 Å². The van der Waals surface area contributed by atoms with Crippen molar-refractivity contribution in [3.05, 3.63) is 29.3 Å². The molecule has 3 aliphatic rings. The molecule has 1 aromatic carbocycles. The number of carbonyl (C=O) groups excluding carboxylic acids is 2. The third-order valence-corrected chi connectivity index (χ3v) is 8.24. The molecule has 0 bridgehead atoms. The summed E-state index contributed by atoms with van der Waals surface area (Å²) in [6.45, 7) is 12.6. The monoisotopic (exact) mass is 519 g/mol. The van der Waals surface area contributed by atoms with E-state index >= 15 is 0 Å². The summed E-state index contributed by atoms with van der Waals surface area (Å²) in [5.41, 5.74) is -0.405. The summed E-state index contributed by atoms with van der Waals surface area (Å²) in [7, 11) is 2.09. The highest BCUT2D eigenvalue weighted by Crippen LogP contribution is 2.36. The van der Waals surface area contributed by atoms with Gasteiger partial charge < -0.3 is 24.3 Å². The predicted octanol–water partition coefficient (Wildman–Crippen LogP) is 2.13. The van der Waals surface area contributed by atoms with Crippen LogP contribution in [0.5, 0.6) is 5.75 Å². The zero-order valence-corrected chi connectivity index (χ0v) is 22.7. The molecule has 3 saturated heterocycles. The molecule has 1 aromatic rings. The Bertz CT molecular complexity index is 886. The Kier molecular flexibility index (Phi) is 9.50. The first-order chi connectivity index (χ1) is 17.4. The van der Waals surface area contributed by atoms with Crippen LogP contribution in [-0.4, -0.2) is 129 Å². The molecule has 0 saturated carbocycles. The van der Waals surface area contributed by atoms with Gasteiger partial charge in [-0.2, -0.15) is 0 Å². The first-order valence-corrected chi connectivity index (χ1v) is 13.8. The molecule has 9 heteroatoms. The second kappa shape index (κ2) is 12.6. The molecule has 36 heavy (non-hydrogen) atoms. The van der Waals surface area contributed by atoms with Crippen LogP contribution in [0.25, 0.3) is 0 Å². The molecule has 1 unspecified atom stereocenters. The molecule has 0 spiro atoms. The number of likely N-dealkylation sites (N-methyl/N-ethyl adjacent to an activating group) is 2. The predicted molar refractivity (Wildman–Crippen MR) is 142 cm³/mol. The fourth-order valence-electron chi connectivity index (χ4n) is 5.57. The highest BCUT2D eigenvalue weighted by Gasteiger charge is 2.41. The molecule has 1 atom stereocenters. The minimum Gasteiger partial charge on any atom is -0.493 e. The Morgan fingerprint density at radius 3 is 2.36 bits per heavy atom. The first-order valence-electron chi connectivity index (χ1n) is 13.4. The summed E-state index contributed by atoms with van der Waals surface area (Å²) < 4.78 is 6.22. The van der Waals surface area contributed by atoms with Crippen LogP contribution in [-0.2, 0) is 9.59 Å². The lowest BCUT2D eigenvalue weighted by atomic mass is 9.77. The second-order valence-corrected chi connectivity index (χ2v) is 11.2. The zero-order chi connectivity index (χ0) is 25.5. The molecule has 4 rings (SSSR count). The highest BCUT2D eigenvalue weighted by molar-refractivity contribution is 6.30. The lowest BCUT2D eigenvalue weighted by molar-refractivity contribution is -0.143. The molecule has 0 N–H and O–H groups in total. The summed E-state index contributed by atoms with van der Waals surface area (Å²) in [6.07, 6.45) is 2.15. The van der Waals surface area contributed by atoms with Gasteiger partial charge in [-0.1, -0.05) is 24.6 Å². The van der Waals surface area contributed by atoms with E-state index in [9.17, 15) is 9.59 Å². The van der Waals surface area contributed by atoms with Gasteiger partial charge in [0.1, 0.15) is 5.75 Å². The van der Waals surface area contributed by atoms with Gasteiger partial charge in [0.2, 0.25) is 11.8 Å². The number of carbonyl (C=O) groups is 2. The molecule has 3 fully saturated rings. The third kappa shape index (κ3) is 7.34. The summed E-state index contributed by atoms with van der Waals surface area (Å²) in [5, 5.41) is 0.624. The van der Waals surface area contributed by atoms with Gasteiger partial charge in [-0.15, -0.1) is 0 Å². The number of hydrogen-bond acceptors (Lipinski definition) is 6. The number of likely N-dealkylation sites (tertiary alicyclic amines) is 1. The van der Waals surface area contributed by atoms with E-state index in [4.69, 9.17) is 16.3 Å². The van der Waals surface area contributed by atoms with Gasteiger partial charge in [-0.3, -0.25) is 14.5 Å². The van der Waals surface area contributed by atoms with E-state index in [0.717, 1.165) is 78.3 Å². The Labute approximate surface area is 221 Å². The molecule has 200 valence electrons. The molecule has 2 amide bonds. The average molecular weight is 520 g/mol. The van der Waals surface area contributed by atoms with Crippen molar-refractivity contribution < 1.29 is 14.3 Å². The lowest BCUT2D eigenvalue weighted by Gasteiger charge is -2.44. The second-order valence-electron chi connectivity index (χ2n) is 10.7. The number of amides is 2. The van der Waals surface area contributed by atoms with Crippen molar-refractivity contribution in [2.45, 2.75) is 26.2 Å². The largest absolute Gasteiger partial charge is 0.493 e. The standard InChI is InChI=1S/C27H42ClN5O3/c1-3-30-12-14-31(15-13-30)20-26(35)33-9-5-8-27(21-33,22-36-24-7-4-6-23(28)18-24)19-25(34)32-16-10-29(2)11-17-32/h4,6-7,18H,3,5,8-17,19-22H2,1-2H3. The molecule has 8 nitrogen and oxygen atoms in total. The van der Waals surface area contributed by atoms with E-state index < -0.39 is 5.41 Å². The van der Waals surface area contributed by atoms with Crippen molar-refractivity contribution in [2.24, 2.45) is 5.41 Å². The topological polar surface area (TPSA) is 59.6 Å². The smallest absolute Gasteiger partial charge is 0.236 e. The maximum absolute atomic E-state index is 13.4. The number of benzene rings is 1. The van der Waals surface area contributed by atoms with Gasteiger partial charge in [0.05, 0.1) is 13.2 Å². The third-order valence-electron chi connectivity index (χ3n) is 8.01. The van der Waals surface area contributed by atoms with Gasteiger partial charge in [0.15, 0.2) is 0 Å². The van der Waals surface area contributed by atoms with Gasteiger partial charge in [0, 0.05) is 82.3 Å². The maximum atomic E-state index is 13.4. The van der Waals surface area contributed by atoms with Crippen LogP contribution in [0.15, 0.2) is 24.3 Å². The van der Waals surface area contributed by atoms with E-state index in [1.54, 1.807) is 6.07 Å². The number of halogens is 1. The minimum absolute atomic E-state index is 0.166. The molecule has 3 heterocycles. The lowest BCUT2D eigenvalue weighted by Crippen LogP contribution is -2.55. The molecule has 0 aliphatic carbocycles. The summed E-state index contributed by atoms with van der Waals surface area (Å²) in [4.78, 5) is 37.7. The number of piperazine rings is 2. The Morgan fingerprint density at radius 2 is 1.67 bits per heavy atom. The van der Waals surface area contributed by atoms with Crippen LogP contribution < -0.4 is 4.74 Å². The fraction of sp³-hybridized carbons (Fsp3) is 0.704. The average Bonchev–Trinajstić information content (AvgIpc) is 2.88. The van der Waals surface area contributed by atoms with Crippen molar-refractivity contribution >= 4 is 23.4 Å². The summed E-state index contributed by atoms with van der Waals surface area (Å²) in [6, 6.07) is 7.39. The molecule has 0 radical (unpaired) electrons. The first kappa shape index (κ1) is 27.2. The number of nitrogens with zero attached hydrogens (tertiary/aromatic N) is 5. The Hall–Kier alpha value is -1.87. The SMILES string of the molecule is CCN1CCN(CC(=O)N2CCCC(COc3cccc(Cl)c3)(CC(=O)N3CCN(C)CC3)C2)CC1. The normalized spacial score (nSPS) is 24.6. The molecule has 3 aliphatic heterocycles. The molecular formula is C27H42ClN5O3. The van der Waals surface area contributed by atoms with Crippen LogP contribution in [0.3, 0.4) is 0 Å². The van der Waals surface area contributed by atoms with Crippen LogP contribution in [0, 0.1) is 5.41 Å². The van der Waals surface area contributed by atoms with Crippen LogP contribution in [0.1, 0.15) is 26.2 Å². The summed E-state index contributed by atoms with van der Waals surface area (Å²) >= 11 is 6.17. The van der Waals surface area contributed by atoms with E-state index in [0.29, 0.717) is 36.9 Å². The van der Waals surface area contributed by atoms with Gasteiger partial charge >= 0.3 is 0 Å². The summed E-state index contributed by atoms with van der Waals surface area (Å²) in [5.74, 6) is 1.03. The van der Waals surface area contributed by atoms with Crippen molar-refractivity contribution in [1.29, 1.82) is 0 Å². The van der Waals surface area contributed by atoms with Crippen LogP contribution >= 0.6 is 11.6 Å². The number of piperidine rings is 1. The Balaban J connectivity index is 1.42. The number of ether oxygens (including phenoxy) is 1. The van der Waals surface area contributed by atoms with E-state index in [2.05, 4.69) is 28.7 Å². The van der Waals surface area contributed by atoms with Crippen molar-refractivity contribution in [1.82, 2.24) is 24.5 Å². The quantitative estimate of drug-likeness (QED) is 0.524. The zero-order valence-electron chi connectivity index (χ0n) is 22.0. The fourth-order valence-corrected chi connectivity index (χ4v) is 5.75. The van der Waals surface area contributed by atoms with Gasteiger partial charge in [0.25, 0.3) is 0 Å². The minimum atomic E-state index is -0.405. The number of rotatable bonds is 8. The van der Waals surface area contributed by atoms with Crippen LogP contribution in [0.2, 0.25) is 5.02 Å². The molecule has 0 aromatic heterocycles. The molecular weight excluding hydrogens is 478 g/mol. The van der Waals surface area contributed by atoms with Crippen molar-refractivity contribution in [3.63, 3.8) is 0 Å². The van der Waals surface area contributed by atoms with E-state index in [1.165, 1.54) is 0 Å². The van der Waals surface area contributed by atoms with Crippen LogP contribution in [0.4, 0.5) is 0 Å². The van der Waals surface area contributed by atoms with E-state index in [1.807, 2.05) is 28.0 Å². The number of hydrogen-bond donors (Lipinski definition) is 0. The van der Waals surface area contributed by atoms with Gasteiger partial charge in [-0.25, -0.2) is 0 Å².